The Kier molecular flexibility index (Phi) is 9.05. The lowest BCUT2D eigenvalue weighted by molar-refractivity contribution is -0.119. The summed E-state index contributed by atoms with van der Waals surface area (Å²) in [7, 11) is 0. The topological polar surface area (TPSA) is 22.0 Å². The molecule has 0 aliphatic carbocycles. The first kappa shape index (κ1) is 25.0. The molecule has 0 spiro atoms. The Hall–Kier alpha value is -2.68. The van der Waals surface area contributed by atoms with Gasteiger partial charge in [0.1, 0.15) is 11.6 Å². The summed E-state index contributed by atoms with van der Waals surface area (Å²) in [5.41, 5.74) is 7.34. The van der Waals surface area contributed by atoms with Gasteiger partial charge in [-0.3, -0.25) is 4.79 Å². The highest BCUT2D eigenvalue weighted by molar-refractivity contribution is 5.85. The quantitative estimate of drug-likeness (QED) is 0.254. The fourth-order valence-electron chi connectivity index (χ4n) is 4.96. The van der Waals surface area contributed by atoms with E-state index in [0.717, 1.165) is 44.2 Å². The highest BCUT2D eigenvalue weighted by atomic mass is 19.1. The Morgan fingerprint density at radius 3 is 2.18 bits per heavy atom. The number of hydrogen-bond acceptors (Lipinski definition) is 1. The van der Waals surface area contributed by atoms with Crippen molar-refractivity contribution < 1.29 is 9.18 Å². The number of unbranched alkanes of at least 4 members (excludes halogenated alkanes) is 3. The van der Waals surface area contributed by atoms with Crippen LogP contribution >= 0.6 is 0 Å². The molecule has 1 heterocycles. The van der Waals surface area contributed by atoms with Gasteiger partial charge >= 0.3 is 0 Å². The van der Waals surface area contributed by atoms with Crippen molar-refractivity contribution in [2.45, 2.75) is 85.1 Å². The van der Waals surface area contributed by atoms with Crippen molar-refractivity contribution in [2.24, 2.45) is 0 Å². The summed E-state index contributed by atoms with van der Waals surface area (Å²) in [4.78, 5) is 11.8. The SMILES string of the molecule is CCCC(=O)CCCCCCn1c(-c2ccc(F)cc2)c(-c2ccccc2)c(C)c1C(C)C. The normalized spacial score (nSPS) is 11.3. The van der Waals surface area contributed by atoms with Crippen molar-refractivity contribution in [3.8, 4) is 22.4 Å². The second-order valence-corrected chi connectivity index (χ2v) is 9.37. The Morgan fingerprint density at radius 1 is 0.879 bits per heavy atom. The number of nitrogens with zero attached hydrogens (tertiary/aromatic N) is 1. The second-order valence-electron chi connectivity index (χ2n) is 9.37. The molecule has 0 amide bonds. The second kappa shape index (κ2) is 12.0. The van der Waals surface area contributed by atoms with E-state index in [1.165, 1.54) is 28.1 Å². The molecule has 3 heteroatoms. The number of rotatable bonds is 12. The van der Waals surface area contributed by atoms with Crippen LogP contribution in [0.15, 0.2) is 54.6 Å². The van der Waals surface area contributed by atoms with Crippen molar-refractivity contribution in [1.29, 1.82) is 0 Å². The van der Waals surface area contributed by atoms with Crippen LogP contribution in [0, 0.1) is 12.7 Å². The predicted molar refractivity (Wildman–Crippen MR) is 137 cm³/mol. The molecule has 0 saturated carbocycles. The molecule has 0 radical (unpaired) electrons. The van der Waals surface area contributed by atoms with Gasteiger partial charge in [0.15, 0.2) is 0 Å². The molecule has 0 aliphatic heterocycles. The standard InChI is InChI=1S/C30H38FNO/c1-5-13-27(33)16-11-6-7-12-21-32-29(22(2)3)23(4)28(24-14-9-8-10-15-24)30(32)25-17-19-26(31)20-18-25/h8-10,14-15,17-20,22H,5-7,11-13,16,21H2,1-4H3. The summed E-state index contributed by atoms with van der Waals surface area (Å²) < 4.78 is 16.2. The fraction of sp³-hybridized carbons (Fsp3) is 0.433. The number of Topliss-reactive ketones (excluding diaryl/α,β-unsaturated/α-hetero) is 1. The Bertz CT molecular complexity index is 1030. The monoisotopic (exact) mass is 447 g/mol. The molecule has 0 unspecified atom stereocenters. The molecule has 0 bridgehead atoms. The maximum atomic E-state index is 13.7. The van der Waals surface area contributed by atoms with Crippen LogP contribution in [0.3, 0.4) is 0 Å². The summed E-state index contributed by atoms with van der Waals surface area (Å²) in [5, 5.41) is 0. The first-order valence-corrected chi connectivity index (χ1v) is 12.5. The van der Waals surface area contributed by atoms with Gasteiger partial charge in [0.25, 0.3) is 0 Å². The average molecular weight is 448 g/mol. The number of halogens is 1. The number of benzene rings is 2. The van der Waals surface area contributed by atoms with Crippen molar-refractivity contribution in [2.75, 3.05) is 0 Å². The molecular formula is C30H38FNO. The van der Waals surface area contributed by atoms with Crippen molar-refractivity contribution in [3.63, 3.8) is 0 Å². The number of hydrogen-bond donors (Lipinski definition) is 0. The molecule has 2 aromatic carbocycles. The Morgan fingerprint density at radius 2 is 1.55 bits per heavy atom. The number of carbonyl (C=O) groups excluding carboxylic acids is 1. The fourth-order valence-corrected chi connectivity index (χ4v) is 4.96. The Labute approximate surface area is 198 Å². The van der Waals surface area contributed by atoms with Gasteiger partial charge in [-0.1, -0.05) is 63.9 Å². The molecule has 3 rings (SSSR count). The third kappa shape index (κ3) is 6.22. The maximum absolute atomic E-state index is 13.7. The van der Waals surface area contributed by atoms with E-state index in [1.54, 1.807) is 12.1 Å². The summed E-state index contributed by atoms with van der Waals surface area (Å²) in [5.74, 6) is 0.566. The summed E-state index contributed by atoms with van der Waals surface area (Å²) in [6.45, 7) is 9.71. The van der Waals surface area contributed by atoms with Crippen LogP contribution in [0.4, 0.5) is 4.39 Å². The van der Waals surface area contributed by atoms with Crippen molar-refractivity contribution in [3.05, 3.63) is 71.7 Å². The van der Waals surface area contributed by atoms with Gasteiger partial charge in [0, 0.05) is 30.6 Å². The van der Waals surface area contributed by atoms with E-state index in [-0.39, 0.29) is 5.82 Å². The van der Waals surface area contributed by atoms with Crippen molar-refractivity contribution in [1.82, 2.24) is 4.57 Å². The van der Waals surface area contributed by atoms with E-state index in [1.807, 2.05) is 18.2 Å². The third-order valence-electron chi connectivity index (χ3n) is 6.40. The summed E-state index contributed by atoms with van der Waals surface area (Å²) in [6, 6.07) is 17.4. The van der Waals surface area contributed by atoms with E-state index >= 15 is 0 Å². The molecule has 0 aliphatic rings. The van der Waals surface area contributed by atoms with Crippen molar-refractivity contribution >= 4 is 5.78 Å². The van der Waals surface area contributed by atoms with Gasteiger partial charge in [0.05, 0.1) is 5.69 Å². The average Bonchev–Trinajstić information content (AvgIpc) is 3.09. The molecule has 33 heavy (non-hydrogen) atoms. The largest absolute Gasteiger partial charge is 0.344 e. The van der Waals surface area contributed by atoms with Crippen LogP contribution in [0.2, 0.25) is 0 Å². The van der Waals surface area contributed by atoms with Gasteiger partial charge in [-0.2, -0.15) is 0 Å². The minimum atomic E-state index is -0.212. The molecule has 0 N–H and O–H groups in total. The van der Waals surface area contributed by atoms with Gasteiger partial charge in [-0.25, -0.2) is 4.39 Å². The zero-order valence-corrected chi connectivity index (χ0v) is 20.7. The van der Waals surface area contributed by atoms with Crippen LogP contribution in [0.25, 0.3) is 22.4 Å². The van der Waals surface area contributed by atoms with Crippen LogP contribution in [0.1, 0.15) is 82.9 Å². The smallest absolute Gasteiger partial charge is 0.132 e. The first-order chi connectivity index (χ1) is 15.9. The van der Waals surface area contributed by atoms with E-state index < -0.39 is 0 Å². The van der Waals surface area contributed by atoms with Gasteiger partial charge in [0.2, 0.25) is 0 Å². The molecule has 2 nitrogen and oxygen atoms in total. The van der Waals surface area contributed by atoms with E-state index in [4.69, 9.17) is 0 Å². The minimum Gasteiger partial charge on any atom is -0.344 e. The zero-order valence-electron chi connectivity index (χ0n) is 20.7. The van der Waals surface area contributed by atoms with Gasteiger partial charge in [-0.05, 0) is 73.1 Å². The first-order valence-electron chi connectivity index (χ1n) is 12.5. The van der Waals surface area contributed by atoms with Crippen LogP contribution in [-0.2, 0) is 11.3 Å². The molecule has 176 valence electrons. The van der Waals surface area contributed by atoms with Crippen LogP contribution in [-0.4, -0.2) is 10.4 Å². The molecule has 1 aromatic heterocycles. The lowest BCUT2D eigenvalue weighted by Crippen LogP contribution is -2.07. The van der Waals surface area contributed by atoms with E-state index in [9.17, 15) is 9.18 Å². The lowest BCUT2D eigenvalue weighted by atomic mass is 9.96. The highest BCUT2D eigenvalue weighted by Crippen LogP contribution is 2.41. The predicted octanol–water partition coefficient (Wildman–Crippen LogP) is 8.71. The number of ketones is 1. The van der Waals surface area contributed by atoms with E-state index in [2.05, 4.69) is 56.5 Å². The number of carbonyl (C=O) groups is 1. The van der Waals surface area contributed by atoms with E-state index in [0.29, 0.717) is 24.5 Å². The number of aromatic nitrogens is 1. The molecular weight excluding hydrogens is 409 g/mol. The molecule has 3 aromatic rings. The van der Waals surface area contributed by atoms with Crippen LogP contribution in [0.5, 0.6) is 0 Å². The molecule has 0 atom stereocenters. The lowest BCUT2D eigenvalue weighted by Gasteiger charge is -2.17. The van der Waals surface area contributed by atoms with Gasteiger partial charge in [-0.15, -0.1) is 0 Å². The third-order valence-corrected chi connectivity index (χ3v) is 6.40. The zero-order chi connectivity index (χ0) is 23.8. The highest BCUT2D eigenvalue weighted by Gasteiger charge is 2.23. The Balaban J connectivity index is 1.91. The van der Waals surface area contributed by atoms with Gasteiger partial charge < -0.3 is 4.57 Å². The minimum absolute atomic E-state index is 0.212. The summed E-state index contributed by atoms with van der Waals surface area (Å²) >= 11 is 0. The van der Waals surface area contributed by atoms with Crippen LogP contribution < -0.4 is 0 Å². The molecule has 0 fully saturated rings. The maximum Gasteiger partial charge on any atom is 0.132 e. The summed E-state index contributed by atoms with van der Waals surface area (Å²) in [6.07, 6.45) is 6.62. The molecule has 0 saturated heterocycles.